The van der Waals surface area contributed by atoms with E-state index in [1.807, 2.05) is 0 Å². The van der Waals surface area contributed by atoms with E-state index in [1.165, 1.54) is 11.0 Å². The third-order valence-electron chi connectivity index (χ3n) is 2.63. The number of likely N-dealkylation sites (N-methyl/N-ethyl adjacent to an activating group) is 1. The summed E-state index contributed by atoms with van der Waals surface area (Å²) in [6.07, 6.45) is 0. The molecule has 2 N–H and O–H groups in total. The molecule has 1 amide bonds. The molecule has 1 heterocycles. The van der Waals surface area contributed by atoms with Gasteiger partial charge in [0.1, 0.15) is 5.82 Å². The molecule has 2 rings (SSSR count). The standard InChI is InChI=1S/C11H11FN2O3/c1-14(2-3-15)9-5-8-6(4-7(9)12)10(16)11(17)13-8/h4-5,15H,2-3H2,1H3,(H,13,16,17). The molecule has 0 radical (unpaired) electrons. The van der Waals surface area contributed by atoms with Crippen molar-refractivity contribution >= 4 is 23.1 Å². The predicted molar refractivity (Wildman–Crippen MR) is 59.7 cm³/mol. The third-order valence-corrected chi connectivity index (χ3v) is 2.63. The maximum absolute atomic E-state index is 13.7. The molecule has 0 unspecified atom stereocenters. The number of ketones is 1. The molecule has 1 aliphatic rings. The van der Waals surface area contributed by atoms with Gasteiger partial charge in [-0.3, -0.25) is 9.59 Å². The largest absolute Gasteiger partial charge is 0.395 e. The predicted octanol–water partition coefficient (Wildman–Crippen LogP) is 0.389. The maximum Gasteiger partial charge on any atom is 0.296 e. The Bertz CT molecular complexity index is 502. The molecule has 0 aliphatic carbocycles. The lowest BCUT2D eigenvalue weighted by atomic mass is 10.1. The summed E-state index contributed by atoms with van der Waals surface area (Å²) in [4.78, 5) is 23.9. The van der Waals surface area contributed by atoms with Crippen LogP contribution < -0.4 is 10.2 Å². The van der Waals surface area contributed by atoms with Crippen LogP contribution in [0.25, 0.3) is 0 Å². The second-order valence-electron chi connectivity index (χ2n) is 3.78. The summed E-state index contributed by atoms with van der Waals surface area (Å²) in [6, 6.07) is 2.43. The van der Waals surface area contributed by atoms with E-state index in [2.05, 4.69) is 5.32 Å². The number of fused-ring (bicyclic) bond motifs is 1. The van der Waals surface area contributed by atoms with Gasteiger partial charge in [0.2, 0.25) is 0 Å². The fourth-order valence-electron chi connectivity index (χ4n) is 1.72. The number of nitrogens with one attached hydrogen (secondary N) is 1. The van der Waals surface area contributed by atoms with E-state index >= 15 is 0 Å². The van der Waals surface area contributed by atoms with E-state index < -0.39 is 17.5 Å². The number of aliphatic hydroxyl groups excluding tert-OH is 1. The third kappa shape index (κ3) is 1.87. The Kier molecular flexibility index (Phi) is 2.81. The molecule has 1 aliphatic heterocycles. The Hall–Kier alpha value is -1.95. The van der Waals surface area contributed by atoms with E-state index in [-0.39, 0.29) is 24.4 Å². The highest BCUT2D eigenvalue weighted by molar-refractivity contribution is 6.51. The van der Waals surface area contributed by atoms with E-state index in [9.17, 15) is 14.0 Å². The van der Waals surface area contributed by atoms with Crippen LogP contribution in [-0.4, -0.2) is 37.0 Å². The molecule has 0 saturated carbocycles. The smallest absolute Gasteiger partial charge is 0.296 e. The highest BCUT2D eigenvalue weighted by atomic mass is 19.1. The van der Waals surface area contributed by atoms with E-state index in [1.54, 1.807) is 7.05 Å². The normalized spacial score (nSPS) is 13.6. The van der Waals surface area contributed by atoms with E-state index in [0.29, 0.717) is 5.69 Å². The summed E-state index contributed by atoms with van der Waals surface area (Å²) >= 11 is 0. The van der Waals surface area contributed by atoms with Crippen molar-refractivity contribution in [3.05, 3.63) is 23.5 Å². The van der Waals surface area contributed by atoms with Gasteiger partial charge < -0.3 is 15.3 Å². The average molecular weight is 238 g/mol. The lowest BCUT2D eigenvalue weighted by Crippen LogP contribution is -2.22. The number of anilines is 2. The summed E-state index contributed by atoms with van der Waals surface area (Å²) in [5, 5.41) is 11.1. The number of rotatable bonds is 3. The monoisotopic (exact) mass is 238 g/mol. The molecule has 0 saturated heterocycles. The van der Waals surface area contributed by atoms with Gasteiger partial charge in [0.25, 0.3) is 11.7 Å². The van der Waals surface area contributed by atoms with Gasteiger partial charge in [-0.15, -0.1) is 0 Å². The minimum Gasteiger partial charge on any atom is -0.395 e. The minimum absolute atomic E-state index is 0.0497. The Morgan fingerprint density at radius 3 is 2.76 bits per heavy atom. The van der Waals surface area contributed by atoms with Crippen LogP contribution in [0.5, 0.6) is 0 Å². The quantitative estimate of drug-likeness (QED) is 0.747. The molecule has 5 nitrogen and oxygen atoms in total. The molecule has 6 heteroatoms. The van der Waals surface area contributed by atoms with Gasteiger partial charge >= 0.3 is 0 Å². The first-order valence-corrected chi connectivity index (χ1v) is 5.06. The van der Waals surface area contributed by atoms with Crippen LogP contribution in [0.1, 0.15) is 10.4 Å². The van der Waals surface area contributed by atoms with Gasteiger partial charge in [-0.1, -0.05) is 0 Å². The molecule has 0 atom stereocenters. The number of nitrogens with zero attached hydrogens (tertiary/aromatic N) is 1. The first-order valence-electron chi connectivity index (χ1n) is 5.06. The fourth-order valence-corrected chi connectivity index (χ4v) is 1.72. The second kappa shape index (κ2) is 4.14. The minimum atomic E-state index is -0.749. The lowest BCUT2D eigenvalue weighted by molar-refractivity contribution is -0.112. The van der Waals surface area contributed by atoms with Crippen molar-refractivity contribution in [1.82, 2.24) is 0 Å². The van der Waals surface area contributed by atoms with Crippen molar-refractivity contribution in [2.24, 2.45) is 0 Å². The summed E-state index contributed by atoms with van der Waals surface area (Å²) in [7, 11) is 1.61. The fraction of sp³-hybridized carbons (Fsp3) is 0.273. The first-order chi connectivity index (χ1) is 8.04. The molecule has 0 spiro atoms. The lowest BCUT2D eigenvalue weighted by Gasteiger charge is -2.19. The van der Waals surface area contributed by atoms with Gasteiger partial charge in [-0.25, -0.2) is 4.39 Å². The molecular weight excluding hydrogens is 227 g/mol. The Morgan fingerprint density at radius 1 is 1.41 bits per heavy atom. The Balaban J connectivity index is 2.43. The van der Waals surface area contributed by atoms with Gasteiger partial charge in [-0.05, 0) is 12.1 Å². The first kappa shape index (κ1) is 11.5. The van der Waals surface area contributed by atoms with E-state index in [4.69, 9.17) is 5.11 Å². The van der Waals surface area contributed by atoms with Crippen LogP contribution in [0, 0.1) is 5.82 Å². The number of amides is 1. The molecular formula is C11H11FN2O3. The molecule has 0 bridgehead atoms. The van der Waals surface area contributed by atoms with Crippen LogP contribution in [-0.2, 0) is 4.79 Å². The number of carbonyl (C=O) groups excluding carboxylic acids is 2. The highest BCUT2D eigenvalue weighted by Crippen LogP contribution is 2.30. The van der Waals surface area contributed by atoms with Crippen LogP contribution in [0.15, 0.2) is 12.1 Å². The zero-order valence-electron chi connectivity index (χ0n) is 9.16. The molecule has 0 fully saturated rings. The zero-order chi connectivity index (χ0) is 12.6. The maximum atomic E-state index is 13.7. The number of hydrogen-bond acceptors (Lipinski definition) is 4. The Labute approximate surface area is 96.8 Å². The molecule has 0 aromatic heterocycles. The molecule has 1 aromatic carbocycles. The number of halogens is 1. The van der Waals surface area contributed by atoms with Crippen LogP contribution >= 0.6 is 0 Å². The molecule has 1 aromatic rings. The number of aliphatic hydroxyl groups is 1. The van der Waals surface area contributed by atoms with Crippen LogP contribution in [0.4, 0.5) is 15.8 Å². The summed E-state index contributed by atoms with van der Waals surface area (Å²) < 4.78 is 13.7. The van der Waals surface area contributed by atoms with Crippen molar-refractivity contribution in [2.75, 3.05) is 30.4 Å². The van der Waals surface area contributed by atoms with Crippen LogP contribution in [0.3, 0.4) is 0 Å². The topological polar surface area (TPSA) is 69.6 Å². The van der Waals surface area contributed by atoms with Gasteiger partial charge in [0, 0.05) is 13.6 Å². The Morgan fingerprint density at radius 2 is 2.12 bits per heavy atom. The van der Waals surface area contributed by atoms with Gasteiger partial charge in [0.15, 0.2) is 0 Å². The summed E-state index contributed by atoms with van der Waals surface area (Å²) in [6.45, 7) is 0.149. The van der Waals surface area contributed by atoms with E-state index in [0.717, 1.165) is 6.07 Å². The van der Waals surface area contributed by atoms with Gasteiger partial charge in [0.05, 0.1) is 23.5 Å². The highest BCUT2D eigenvalue weighted by Gasteiger charge is 2.29. The van der Waals surface area contributed by atoms with Crippen molar-refractivity contribution in [3.63, 3.8) is 0 Å². The summed E-state index contributed by atoms with van der Waals surface area (Å²) in [5.74, 6) is -2.07. The van der Waals surface area contributed by atoms with Crippen molar-refractivity contribution in [3.8, 4) is 0 Å². The van der Waals surface area contributed by atoms with Gasteiger partial charge in [-0.2, -0.15) is 0 Å². The summed E-state index contributed by atoms with van der Waals surface area (Å²) in [5.41, 5.74) is 0.586. The van der Waals surface area contributed by atoms with Crippen molar-refractivity contribution in [1.29, 1.82) is 0 Å². The average Bonchev–Trinajstić information content (AvgIpc) is 2.55. The second-order valence-corrected chi connectivity index (χ2v) is 3.78. The number of benzene rings is 1. The number of Topliss-reactive ketones (excluding diaryl/α,β-unsaturated/α-hetero) is 1. The molecule has 17 heavy (non-hydrogen) atoms. The number of carbonyl (C=O) groups is 2. The number of hydrogen-bond donors (Lipinski definition) is 2. The SMILES string of the molecule is CN(CCO)c1cc2c(cc1F)C(=O)C(=O)N2. The zero-order valence-corrected chi connectivity index (χ0v) is 9.16. The van der Waals surface area contributed by atoms with Crippen molar-refractivity contribution in [2.45, 2.75) is 0 Å². The molecule has 90 valence electrons. The van der Waals surface area contributed by atoms with Crippen LogP contribution in [0.2, 0.25) is 0 Å². The van der Waals surface area contributed by atoms with Crippen molar-refractivity contribution < 1.29 is 19.1 Å².